The van der Waals surface area contributed by atoms with Crippen molar-refractivity contribution >= 4 is 10.9 Å². The number of rotatable bonds is 4. The smallest absolute Gasteiger partial charge is 0.0457 e. The third kappa shape index (κ3) is 1.76. The first-order valence-corrected chi connectivity index (χ1v) is 6.20. The minimum absolute atomic E-state index is 0.341. The molecule has 0 radical (unpaired) electrons. The van der Waals surface area contributed by atoms with Crippen LogP contribution < -0.4 is 0 Å². The Morgan fingerprint density at radius 2 is 2.00 bits per heavy atom. The van der Waals surface area contributed by atoms with E-state index < -0.39 is 0 Å². The van der Waals surface area contributed by atoms with Crippen molar-refractivity contribution in [3.05, 3.63) is 72.7 Å². The molecule has 0 saturated heterocycles. The Morgan fingerprint density at radius 3 is 2.78 bits per heavy atom. The molecule has 1 atom stereocenters. The topological polar surface area (TPSA) is 31.6 Å². The molecule has 0 aliphatic heterocycles. The highest BCUT2D eigenvalue weighted by Crippen LogP contribution is 2.32. The lowest BCUT2D eigenvalue weighted by atomic mass is 9.92. The van der Waals surface area contributed by atoms with Gasteiger partial charge >= 0.3 is 0 Å². The molecule has 90 valence electrons. The number of H-pyrrole nitrogens is 2. The molecule has 0 spiro atoms. The largest absolute Gasteiger partial charge is 0.364 e. The van der Waals surface area contributed by atoms with Crippen molar-refractivity contribution in [3.63, 3.8) is 0 Å². The van der Waals surface area contributed by atoms with Crippen LogP contribution in [0.4, 0.5) is 0 Å². The lowest BCUT2D eigenvalue weighted by Gasteiger charge is -2.13. The lowest BCUT2D eigenvalue weighted by molar-refractivity contribution is 0.810. The number of hydrogen-bond donors (Lipinski definition) is 2. The van der Waals surface area contributed by atoms with E-state index in [0.717, 1.165) is 6.42 Å². The highest BCUT2D eigenvalue weighted by Gasteiger charge is 2.17. The highest BCUT2D eigenvalue weighted by molar-refractivity contribution is 5.84. The summed E-state index contributed by atoms with van der Waals surface area (Å²) >= 11 is 0. The fraction of sp³-hybridized carbons (Fsp3) is 0.125. The number of benzene rings is 1. The summed E-state index contributed by atoms with van der Waals surface area (Å²) in [6, 6.07) is 12.6. The molecule has 2 N–H and O–H groups in total. The molecule has 2 heteroatoms. The van der Waals surface area contributed by atoms with E-state index in [0.29, 0.717) is 5.92 Å². The molecule has 1 unspecified atom stereocenters. The zero-order valence-corrected chi connectivity index (χ0v) is 10.2. The van der Waals surface area contributed by atoms with E-state index in [2.05, 4.69) is 53.1 Å². The van der Waals surface area contributed by atoms with Gasteiger partial charge < -0.3 is 9.97 Å². The summed E-state index contributed by atoms with van der Waals surface area (Å²) in [4.78, 5) is 6.65. The Kier molecular flexibility index (Phi) is 2.77. The molecular formula is C16H16N2. The van der Waals surface area contributed by atoms with E-state index >= 15 is 0 Å². The molecule has 2 aromatic heterocycles. The second-order valence-corrected chi connectivity index (χ2v) is 4.49. The SMILES string of the molecule is C=CCC(c1ccc[nH]1)c1c[nH]c2ccccc12. The molecule has 18 heavy (non-hydrogen) atoms. The lowest BCUT2D eigenvalue weighted by Crippen LogP contribution is -1.99. The predicted molar refractivity (Wildman–Crippen MR) is 75.7 cm³/mol. The summed E-state index contributed by atoms with van der Waals surface area (Å²) in [5.74, 6) is 0.341. The molecule has 0 aliphatic rings. The van der Waals surface area contributed by atoms with Gasteiger partial charge in [0.05, 0.1) is 0 Å². The third-order valence-electron chi connectivity index (χ3n) is 3.40. The van der Waals surface area contributed by atoms with E-state index in [1.54, 1.807) is 0 Å². The van der Waals surface area contributed by atoms with Gasteiger partial charge in [0.2, 0.25) is 0 Å². The van der Waals surface area contributed by atoms with Crippen molar-refractivity contribution in [2.45, 2.75) is 12.3 Å². The van der Waals surface area contributed by atoms with Crippen molar-refractivity contribution in [1.29, 1.82) is 0 Å². The van der Waals surface area contributed by atoms with Crippen LogP contribution in [0.1, 0.15) is 23.6 Å². The van der Waals surface area contributed by atoms with Gasteiger partial charge in [0.25, 0.3) is 0 Å². The van der Waals surface area contributed by atoms with Gasteiger partial charge in [-0.1, -0.05) is 24.3 Å². The Labute approximate surface area is 106 Å². The fourth-order valence-electron chi connectivity index (χ4n) is 2.53. The van der Waals surface area contributed by atoms with E-state index in [1.165, 1.54) is 22.2 Å². The monoisotopic (exact) mass is 236 g/mol. The van der Waals surface area contributed by atoms with Gasteiger partial charge in [0.15, 0.2) is 0 Å². The van der Waals surface area contributed by atoms with Crippen molar-refractivity contribution in [2.75, 3.05) is 0 Å². The maximum atomic E-state index is 3.88. The van der Waals surface area contributed by atoms with Crippen molar-refractivity contribution in [1.82, 2.24) is 9.97 Å². The van der Waals surface area contributed by atoms with Crippen LogP contribution in [0.3, 0.4) is 0 Å². The number of para-hydroxylation sites is 1. The molecule has 1 aromatic carbocycles. The number of aromatic amines is 2. The first kappa shape index (κ1) is 10.9. The summed E-state index contributed by atoms with van der Waals surface area (Å²) < 4.78 is 0. The Hall–Kier alpha value is -2.22. The van der Waals surface area contributed by atoms with Crippen LogP contribution in [-0.4, -0.2) is 9.97 Å². The van der Waals surface area contributed by atoms with Gasteiger partial charge in [0, 0.05) is 34.9 Å². The van der Waals surface area contributed by atoms with Crippen LogP contribution >= 0.6 is 0 Å². The van der Waals surface area contributed by atoms with Gasteiger partial charge in [-0.15, -0.1) is 6.58 Å². The second kappa shape index (κ2) is 4.57. The molecule has 0 amide bonds. The zero-order valence-electron chi connectivity index (χ0n) is 10.2. The Bertz CT molecular complexity index is 647. The molecular weight excluding hydrogens is 220 g/mol. The summed E-state index contributed by atoms with van der Waals surface area (Å²) in [5.41, 5.74) is 3.75. The maximum Gasteiger partial charge on any atom is 0.0457 e. The molecule has 0 bridgehead atoms. The van der Waals surface area contributed by atoms with E-state index in [9.17, 15) is 0 Å². The predicted octanol–water partition coefficient (Wildman–Crippen LogP) is 4.20. The normalized spacial score (nSPS) is 12.7. The molecule has 3 aromatic rings. The van der Waals surface area contributed by atoms with Crippen molar-refractivity contribution < 1.29 is 0 Å². The molecule has 0 aliphatic carbocycles. The van der Waals surface area contributed by atoms with Gasteiger partial charge in [-0.05, 0) is 30.2 Å². The number of aromatic nitrogens is 2. The van der Waals surface area contributed by atoms with Crippen LogP contribution in [0.15, 0.2) is 61.4 Å². The van der Waals surface area contributed by atoms with Gasteiger partial charge in [0.1, 0.15) is 0 Å². The highest BCUT2D eigenvalue weighted by atomic mass is 14.7. The Morgan fingerprint density at radius 1 is 1.11 bits per heavy atom. The number of allylic oxidation sites excluding steroid dienone is 1. The second-order valence-electron chi connectivity index (χ2n) is 4.49. The Balaban J connectivity index is 2.12. The molecule has 0 saturated carbocycles. The molecule has 0 fully saturated rings. The van der Waals surface area contributed by atoms with Crippen molar-refractivity contribution in [2.24, 2.45) is 0 Å². The van der Waals surface area contributed by atoms with Crippen LogP contribution in [-0.2, 0) is 0 Å². The molecule has 3 rings (SSSR count). The molecule has 2 nitrogen and oxygen atoms in total. The summed E-state index contributed by atoms with van der Waals surface area (Å²) in [5, 5.41) is 1.29. The van der Waals surface area contributed by atoms with Crippen LogP contribution in [0.2, 0.25) is 0 Å². The van der Waals surface area contributed by atoms with Gasteiger partial charge in [-0.25, -0.2) is 0 Å². The van der Waals surface area contributed by atoms with E-state index in [4.69, 9.17) is 0 Å². The average molecular weight is 236 g/mol. The average Bonchev–Trinajstić information content (AvgIpc) is 3.06. The zero-order chi connectivity index (χ0) is 12.4. The van der Waals surface area contributed by atoms with E-state index in [1.807, 2.05) is 18.3 Å². The minimum Gasteiger partial charge on any atom is -0.364 e. The summed E-state index contributed by atoms with van der Waals surface area (Å²) in [6.07, 6.45) is 7.00. The number of fused-ring (bicyclic) bond motifs is 1. The van der Waals surface area contributed by atoms with Crippen LogP contribution in [0.5, 0.6) is 0 Å². The van der Waals surface area contributed by atoms with E-state index in [-0.39, 0.29) is 0 Å². The third-order valence-corrected chi connectivity index (χ3v) is 3.40. The fourth-order valence-corrected chi connectivity index (χ4v) is 2.53. The summed E-state index contributed by atoms with van der Waals surface area (Å²) in [7, 11) is 0. The quantitative estimate of drug-likeness (QED) is 0.636. The van der Waals surface area contributed by atoms with Crippen LogP contribution in [0.25, 0.3) is 10.9 Å². The minimum atomic E-state index is 0.341. The molecule has 2 heterocycles. The van der Waals surface area contributed by atoms with Crippen LogP contribution in [0, 0.1) is 0 Å². The number of nitrogens with one attached hydrogen (secondary N) is 2. The van der Waals surface area contributed by atoms with Gasteiger partial charge in [-0.3, -0.25) is 0 Å². The van der Waals surface area contributed by atoms with Gasteiger partial charge in [-0.2, -0.15) is 0 Å². The first-order chi connectivity index (χ1) is 8.90. The summed E-state index contributed by atoms with van der Waals surface area (Å²) in [6.45, 7) is 3.88. The first-order valence-electron chi connectivity index (χ1n) is 6.20. The van der Waals surface area contributed by atoms with Crippen molar-refractivity contribution in [3.8, 4) is 0 Å². The maximum absolute atomic E-state index is 3.88. The standard InChI is InChI=1S/C16H16N2/c1-2-6-12(15-9-5-10-17-15)14-11-18-16-8-4-3-7-13(14)16/h2-5,7-12,17-18H,1,6H2. The number of hydrogen-bond acceptors (Lipinski definition) is 0.